The van der Waals surface area contributed by atoms with E-state index in [9.17, 15) is 4.79 Å². The third kappa shape index (κ3) is 2.65. The standard InChI is InChI=1S/C13H21NO2/c1-5-6-7-8-11-9-12(13(15)16-4)10(2)14(11)3/h5,11H,1,6-9H2,2-4H3. The number of ether oxygens (including phenoxy) is 1. The van der Waals surface area contributed by atoms with Gasteiger partial charge in [0.1, 0.15) is 0 Å². The summed E-state index contributed by atoms with van der Waals surface area (Å²) in [6.45, 7) is 5.70. The molecule has 0 aromatic rings. The second kappa shape index (κ2) is 5.73. The van der Waals surface area contributed by atoms with Crippen LogP contribution >= 0.6 is 0 Å². The Morgan fingerprint density at radius 3 is 2.94 bits per heavy atom. The molecule has 0 N–H and O–H groups in total. The Morgan fingerprint density at radius 1 is 1.69 bits per heavy atom. The lowest BCUT2D eigenvalue weighted by atomic mass is 10.0. The molecule has 0 aromatic heterocycles. The molecule has 1 unspecified atom stereocenters. The minimum atomic E-state index is -0.185. The number of rotatable bonds is 5. The molecule has 3 nitrogen and oxygen atoms in total. The minimum absolute atomic E-state index is 0.185. The molecule has 3 heteroatoms. The molecule has 90 valence electrons. The van der Waals surface area contributed by atoms with E-state index in [-0.39, 0.29) is 5.97 Å². The highest BCUT2D eigenvalue weighted by Gasteiger charge is 2.30. The molecule has 0 aromatic carbocycles. The molecule has 0 aliphatic carbocycles. The number of nitrogens with zero attached hydrogens (tertiary/aromatic N) is 1. The molecule has 0 saturated heterocycles. The molecule has 1 heterocycles. The molecular weight excluding hydrogens is 202 g/mol. The van der Waals surface area contributed by atoms with E-state index < -0.39 is 0 Å². The Morgan fingerprint density at radius 2 is 2.38 bits per heavy atom. The van der Waals surface area contributed by atoms with E-state index in [4.69, 9.17) is 4.74 Å². The number of carbonyl (C=O) groups excluding carboxylic acids is 1. The van der Waals surface area contributed by atoms with E-state index >= 15 is 0 Å². The third-order valence-corrected chi connectivity index (χ3v) is 3.33. The van der Waals surface area contributed by atoms with Crippen LogP contribution in [-0.2, 0) is 9.53 Å². The van der Waals surface area contributed by atoms with Gasteiger partial charge in [-0.15, -0.1) is 6.58 Å². The van der Waals surface area contributed by atoms with E-state index in [1.54, 1.807) is 0 Å². The summed E-state index contributed by atoms with van der Waals surface area (Å²) in [4.78, 5) is 13.7. The van der Waals surface area contributed by atoms with Gasteiger partial charge in [-0.05, 0) is 26.2 Å². The quantitative estimate of drug-likeness (QED) is 0.407. The lowest BCUT2D eigenvalue weighted by Crippen LogP contribution is -2.24. The first-order valence-electron chi connectivity index (χ1n) is 5.73. The van der Waals surface area contributed by atoms with Gasteiger partial charge in [-0.25, -0.2) is 4.79 Å². The molecule has 16 heavy (non-hydrogen) atoms. The number of carbonyl (C=O) groups is 1. The van der Waals surface area contributed by atoms with Crippen molar-refractivity contribution in [2.24, 2.45) is 0 Å². The zero-order valence-electron chi connectivity index (χ0n) is 10.5. The predicted molar refractivity (Wildman–Crippen MR) is 64.9 cm³/mol. The maximum absolute atomic E-state index is 11.5. The van der Waals surface area contributed by atoms with Gasteiger partial charge in [0.05, 0.1) is 12.7 Å². The summed E-state index contributed by atoms with van der Waals surface area (Å²) in [6.07, 6.45) is 6.01. The first-order chi connectivity index (χ1) is 7.61. The van der Waals surface area contributed by atoms with Crippen molar-refractivity contribution in [1.29, 1.82) is 0 Å². The molecule has 0 saturated carbocycles. The third-order valence-electron chi connectivity index (χ3n) is 3.33. The topological polar surface area (TPSA) is 29.5 Å². The average Bonchev–Trinajstić information content (AvgIpc) is 2.57. The monoisotopic (exact) mass is 223 g/mol. The lowest BCUT2D eigenvalue weighted by Gasteiger charge is -2.23. The zero-order chi connectivity index (χ0) is 12.1. The van der Waals surface area contributed by atoms with E-state index in [2.05, 4.69) is 11.5 Å². The van der Waals surface area contributed by atoms with Gasteiger partial charge >= 0.3 is 5.97 Å². The van der Waals surface area contributed by atoms with E-state index in [1.807, 2.05) is 20.0 Å². The maximum Gasteiger partial charge on any atom is 0.335 e. The van der Waals surface area contributed by atoms with Crippen LogP contribution in [0.1, 0.15) is 32.6 Å². The van der Waals surface area contributed by atoms with E-state index in [1.165, 1.54) is 7.11 Å². The first kappa shape index (κ1) is 12.8. The van der Waals surface area contributed by atoms with Crippen LogP contribution in [0.2, 0.25) is 0 Å². The smallest absolute Gasteiger partial charge is 0.335 e. The summed E-state index contributed by atoms with van der Waals surface area (Å²) in [5.41, 5.74) is 1.88. The lowest BCUT2D eigenvalue weighted by molar-refractivity contribution is -0.136. The van der Waals surface area contributed by atoms with Crippen molar-refractivity contribution in [2.45, 2.75) is 38.6 Å². The summed E-state index contributed by atoms with van der Waals surface area (Å²) in [5.74, 6) is -0.185. The Bertz CT molecular complexity index is 307. The number of esters is 1. The van der Waals surface area contributed by atoms with Crippen molar-refractivity contribution in [3.63, 3.8) is 0 Å². The molecule has 0 spiro atoms. The second-order valence-electron chi connectivity index (χ2n) is 4.24. The molecule has 1 aliphatic heterocycles. The summed E-state index contributed by atoms with van der Waals surface area (Å²) in [6, 6.07) is 0.439. The number of unbranched alkanes of at least 4 members (excludes halogenated alkanes) is 1. The normalized spacial score (nSPS) is 20.2. The number of hydrogen-bond donors (Lipinski definition) is 0. The van der Waals surface area contributed by atoms with E-state index in [0.717, 1.165) is 37.0 Å². The van der Waals surface area contributed by atoms with Gasteiger partial charge in [0.25, 0.3) is 0 Å². The number of allylic oxidation sites excluding steroid dienone is 2. The predicted octanol–water partition coefficient (Wildman–Crippen LogP) is 2.49. The van der Waals surface area contributed by atoms with Crippen LogP contribution < -0.4 is 0 Å². The first-order valence-corrected chi connectivity index (χ1v) is 5.73. The van der Waals surface area contributed by atoms with Crippen molar-refractivity contribution in [3.8, 4) is 0 Å². The average molecular weight is 223 g/mol. The fraction of sp³-hybridized carbons (Fsp3) is 0.615. The van der Waals surface area contributed by atoms with Gasteiger partial charge in [0.15, 0.2) is 0 Å². The Labute approximate surface area is 97.8 Å². The van der Waals surface area contributed by atoms with Crippen LogP contribution in [-0.4, -0.2) is 31.1 Å². The summed E-state index contributed by atoms with van der Waals surface area (Å²) < 4.78 is 4.79. The van der Waals surface area contributed by atoms with E-state index in [0.29, 0.717) is 6.04 Å². The summed E-state index contributed by atoms with van der Waals surface area (Å²) in [5, 5.41) is 0. The molecule has 1 atom stereocenters. The molecule has 1 aliphatic rings. The fourth-order valence-corrected chi connectivity index (χ4v) is 2.15. The number of hydrogen-bond acceptors (Lipinski definition) is 3. The van der Waals surface area contributed by atoms with Crippen LogP contribution in [0.15, 0.2) is 23.9 Å². The second-order valence-corrected chi connectivity index (χ2v) is 4.24. The van der Waals surface area contributed by atoms with Gasteiger partial charge in [0.2, 0.25) is 0 Å². The van der Waals surface area contributed by atoms with Gasteiger partial charge in [-0.1, -0.05) is 6.08 Å². The highest BCUT2D eigenvalue weighted by atomic mass is 16.5. The van der Waals surface area contributed by atoms with Crippen LogP contribution in [0.3, 0.4) is 0 Å². The van der Waals surface area contributed by atoms with Gasteiger partial charge < -0.3 is 9.64 Å². The number of methoxy groups -OCH3 is 1. The molecule has 0 fully saturated rings. The van der Waals surface area contributed by atoms with Crippen molar-refractivity contribution < 1.29 is 9.53 Å². The summed E-state index contributed by atoms with van der Waals surface area (Å²) >= 11 is 0. The SMILES string of the molecule is C=CCCCC1CC(C(=O)OC)=C(C)N1C. The van der Waals surface area contributed by atoms with Crippen LogP contribution in [0, 0.1) is 0 Å². The highest BCUT2D eigenvalue weighted by Crippen LogP contribution is 2.30. The molecule has 0 bridgehead atoms. The van der Waals surface area contributed by atoms with Crippen molar-refractivity contribution in [1.82, 2.24) is 4.90 Å². The summed E-state index contributed by atoms with van der Waals surface area (Å²) in [7, 11) is 3.48. The maximum atomic E-state index is 11.5. The van der Waals surface area contributed by atoms with Crippen LogP contribution in [0.25, 0.3) is 0 Å². The highest BCUT2D eigenvalue weighted by molar-refractivity contribution is 5.89. The van der Waals surface area contributed by atoms with Crippen LogP contribution in [0.4, 0.5) is 0 Å². The minimum Gasteiger partial charge on any atom is -0.466 e. The van der Waals surface area contributed by atoms with Crippen LogP contribution in [0.5, 0.6) is 0 Å². The van der Waals surface area contributed by atoms with Gasteiger partial charge in [-0.2, -0.15) is 0 Å². The fourth-order valence-electron chi connectivity index (χ4n) is 2.15. The largest absolute Gasteiger partial charge is 0.466 e. The molecule has 0 amide bonds. The Balaban J connectivity index is 2.58. The molecule has 0 radical (unpaired) electrons. The zero-order valence-corrected chi connectivity index (χ0v) is 10.5. The Hall–Kier alpha value is -1.25. The Kier molecular flexibility index (Phi) is 4.59. The van der Waals surface area contributed by atoms with Crippen molar-refractivity contribution >= 4 is 5.97 Å². The van der Waals surface area contributed by atoms with Crippen molar-refractivity contribution in [3.05, 3.63) is 23.9 Å². The van der Waals surface area contributed by atoms with Crippen molar-refractivity contribution in [2.75, 3.05) is 14.2 Å². The van der Waals surface area contributed by atoms with Gasteiger partial charge in [0, 0.05) is 25.2 Å². The molecule has 1 rings (SSSR count). The van der Waals surface area contributed by atoms with Gasteiger partial charge in [-0.3, -0.25) is 0 Å². The molecular formula is C13H21NO2.